The number of rotatable bonds is 12. The summed E-state index contributed by atoms with van der Waals surface area (Å²) in [6.45, 7) is -0.612. The van der Waals surface area contributed by atoms with E-state index in [4.69, 9.17) is 0 Å². The van der Waals surface area contributed by atoms with Crippen molar-refractivity contribution in [2.24, 2.45) is 0 Å². The van der Waals surface area contributed by atoms with Gasteiger partial charge in [0, 0.05) is 5.56 Å². The molecular formula is C28H31F3O. The van der Waals surface area contributed by atoms with Crippen LogP contribution in [-0.4, -0.2) is 6.61 Å². The molecule has 0 N–H and O–H groups in total. The monoisotopic (exact) mass is 440 g/mol. The molecule has 3 aromatic rings. The Hall–Kier alpha value is -2.75. The van der Waals surface area contributed by atoms with E-state index >= 15 is 0 Å². The van der Waals surface area contributed by atoms with Crippen LogP contribution in [0.2, 0.25) is 0 Å². The summed E-state index contributed by atoms with van der Waals surface area (Å²) in [5.41, 5.74) is 4.24. The zero-order chi connectivity index (χ0) is 22.8. The van der Waals surface area contributed by atoms with Gasteiger partial charge in [0.15, 0.2) is 0 Å². The van der Waals surface area contributed by atoms with Crippen molar-refractivity contribution >= 4 is 0 Å². The Morgan fingerprint density at radius 1 is 0.688 bits per heavy atom. The van der Waals surface area contributed by atoms with E-state index in [2.05, 4.69) is 11.7 Å². The first-order valence-corrected chi connectivity index (χ1v) is 11.5. The lowest BCUT2D eigenvalue weighted by Gasteiger charge is -2.09. The van der Waals surface area contributed by atoms with Crippen LogP contribution >= 0.6 is 0 Å². The lowest BCUT2D eigenvalue weighted by Crippen LogP contribution is -2.01. The molecule has 0 fully saturated rings. The second-order valence-corrected chi connectivity index (χ2v) is 8.17. The number of hydrogen-bond acceptors (Lipinski definition) is 1. The van der Waals surface area contributed by atoms with E-state index in [1.165, 1.54) is 50.7 Å². The fourth-order valence-electron chi connectivity index (χ4n) is 3.91. The molecule has 0 aliphatic heterocycles. The van der Waals surface area contributed by atoms with Gasteiger partial charge in [0.05, 0.1) is 0 Å². The highest BCUT2D eigenvalue weighted by atomic mass is 19.3. The Morgan fingerprint density at radius 2 is 1.25 bits per heavy atom. The van der Waals surface area contributed by atoms with Crippen molar-refractivity contribution in [3.63, 3.8) is 0 Å². The molecule has 0 unspecified atom stereocenters. The summed E-state index contributed by atoms with van der Waals surface area (Å²) >= 11 is 0. The van der Waals surface area contributed by atoms with Crippen LogP contribution in [0.5, 0.6) is 5.75 Å². The highest BCUT2D eigenvalue weighted by Crippen LogP contribution is 2.29. The Labute approximate surface area is 189 Å². The van der Waals surface area contributed by atoms with Gasteiger partial charge in [-0.15, -0.1) is 0 Å². The first-order valence-electron chi connectivity index (χ1n) is 11.5. The van der Waals surface area contributed by atoms with Gasteiger partial charge in [-0.25, -0.2) is 4.39 Å². The van der Waals surface area contributed by atoms with Gasteiger partial charge in [-0.3, -0.25) is 0 Å². The van der Waals surface area contributed by atoms with Crippen LogP contribution in [0, 0.1) is 5.82 Å². The van der Waals surface area contributed by atoms with Crippen LogP contribution in [0.25, 0.3) is 22.3 Å². The molecule has 0 saturated heterocycles. The van der Waals surface area contributed by atoms with E-state index in [0.717, 1.165) is 35.1 Å². The zero-order valence-electron chi connectivity index (χ0n) is 18.6. The van der Waals surface area contributed by atoms with Crippen LogP contribution in [0.3, 0.4) is 0 Å². The van der Waals surface area contributed by atoms with Crippen LogP contribution in [-0.2, 0) is 6.42 Å². The van der Waals surface area contributed by atoms with E-state index in [-0.39, 0.29) is 11.6 Å². The lowest BCUT2D eigenvalue weighted by molar-refractivity contribution is -0.0498. The van der Waals surface area contributed by atoms with Crippen molar-refractivity contribution in [1.82, 2.24) is 0 Å². The van der Waals surface area contributed by atoms with Crippen molar-refractivity contribution in [1.29, 1.82) is 0 Å². The Balaban J connectivity index is 1.57. The van der Waals surface area contributed by atoms with Crippen LogP contribution in [0.1, 0.15) is 57.4 Å². The molecule has 3 aromatic carbocycles. The SMILES string of the molecule is CCCCCCCCCc1ccc(-c2ccc(-c3ccc(OC(F)F)cc3)cc2)c(F)c1. The summed E-state index contributed by atoms with van der Waals surface area (Å²) in [7, 11) is 0. The first kappa shape index (κ1) is 23.9. The van der Waals surface area contributed by atoms with Crippen molar-refractivity contribution < 1.29 is 17.9 Å². The molecule has 0 spiro atoms. The molecule has 4 heteroatoms. The van der Waals surface area contributed by atoms with Crippen LogP contribution < -0.4 is 4.74 Å². The topological polar surface area (TPSA) is 9.23 Å². The number of benzene rings is 3. The minimum atomic E-state index is -2.84. The molecule has 0 amide bonds. The molecule has 0 aromatic heterocycles. The average molecular weight is 441 g/mol. The van der Waals surface area contributed by atoms with E-state index in [1.807, 2.05) is 36.4 Å². The summed E-state index contributed by atoms with van der Waals surface area (Å²) < 4.78 is 43.7. The maximum Gasteiger partial charge on any atom is 0.387 e. The maximum atomic E-state index is 14.7. The summed E-state index contributed by atoms with van der Waals surface area (Å²) in [4.78, 5) is 0. The van der Waals surface area contributed by atoms with Crippen molar-refractivity contribution in [2.45, 2.75) is 64.9 Å². The number of halogens is 3. The van der Waals surface area contributed by atoms with Gasteiger partial charge < -0.3 is 4.74 Å². The van der Waals surface area contributed by atoms with Gasteiger partial charge in [-0.1, -0.05) is 94.0 Å². The molecule has 0 atom stereocenters. The largest absolute Gasteiger partial charge is 0.435 e. The number of aryl methyl sites for hydroxylation is 1. The molecule has 0 aliphatic carbocycles. The van der Waals surface area contributed by atoms with Crippen molar-refractivity contribution in [3.8, 4) is 28.0 Å². The summed E-state index contributed by atoms with van der Waals surface area (Å²) in [5, 5.41) is 0. The molecule has 0 radical (unpaired) electrons. The smallest absolute Gasteiger partial charge is 0.387 e. The van der Waals surface area contributed by atoms with E-state index in [0.29, 0.717) is 5.56 Å². The van der Waals surface area contributed by atoms with Gasteiger partial charge in [0.2, 0.25) is 0 Å². The average Bonchev–Trinajstić information content (AvgIpc) is 2.79. The van der Waals surface area contributed by atoms with Crippen LogP contribution in [0.4, 0.5) is 13.2 Å². The highest BCUT2D eigenvalue weighted by Gasteiger charge is 2.08. The number of unbranched alkanes of at least 4 members (excludes halogenated alkanes) is 6. The van der Waals surface area contributed by atoms with E-state index < -0.39 is 6.61 Å². The maximum absolute atomic E-state index is 14.7. The predicted octanol–water partition coefficient (Wildman–Crippen LogP) is 9.05. The van der Waals surface area contributed by atoms with Gasteiger partial charge in [0.1, 0.15) is 11.6 Å². The quantitative estimate of drug-likeness (QED) is 0.255. The second-order valence-electron chi connectivity index (χ2n) is 8.17. The molecular weight excluding hydrogens is 409 g/mol. The summed E-state index contributed by atoms with van der Waals surface area (Å²) in [5.74, 6) is -0.0780. The van der Waals surface area contributed by atoms with E-state index in [9.17, 15) is 13.2 Å². The van der Waals surface area contributed by atoms with E-state index in [1.54, 1.807) is 18.2 Å². The zero-order valence-corrected chi connectivity index (χ0v) is 18.6. The molecule has 0 heterocycles. The molecule has 0 saturated carbocycles. The number of alkyl halides is 2. The normalized spacial score (nSPS) is 11.2. The minimum absolute atomic E-state index is 0.124. The number of ether oxygens (including phenoxy) is 1. The van der Waals surface area contributed by atoms with Crippen molar-refractivity contribution in [2.75, 3.05) is 0 Å². The fraction of sp³-hybridized carbons (Fsp3) is 0.357. The van der Waals surface area contributed by atoms with Gasteiger partial charge >= 0.3 is 6.61 Å². The van der Waals surface area contributed by atoms with Crippen LogP contribution in [0.15, 0.2) is 66.7 Å². The van der Waals surface area contributed by atoms with Gasteiger partial charge in [-0.2, -0.15) is 8.78 Å². The first-order chi connectivity index (χ1) is 15.6. The Morgan fingerprint density at radius 3 is 1.84 bits per heavy atom. The van der Waals surface area contributed by atoms with Gasteiger partial charge in [0.25, 0.3) is 0 Å². The summed E-state index contributed by atoms with van der Waals surface area (Å²) in [6, 6.07) is 19.6. The lowest BCUT2D eigenvalue weighted by atomic mass is 9.98. The molecule has 0 bridgehead atoms. The number of hydrogen-bond donors (Lipinski definition) is 0. The van der Waals surface area contributed by atoms with Crippen molar-refractivity contribution in [3.05, 3.63) is 78.1 Å². The molecule has 3 rings (SSSR count). The molecule has 32 heavy (non-hydrogen) atoms. The molecule has 0 aliphatic rings. The molecule has 170 valence electrons. The third-order valence-corrected chi connectivity index (χ3v) is 5.71. The Kier molecular flexibility index (Phi) is 9.21. The Bertz CT molecular complexity index is 949. The molecule has 1 nitrogen and oxygen atoms in total. The van der Waals surface area contributed by atoms with Gasteiger partial charge in [-0.05, 0) is 53.3 Å². The third kappa shape index (κ3) is 7.15. The third-order valence-electron chi connectivity index (χ3n) is 5.71. The summed E-state index contributed by atoms with van der Waals surface area (Å²) in [6.07, 6.45) is 9.66. The standard InChI is InChI=1S/C28H31F3O/c1-2-3-4-5-6-7-8-9-21-10-19-26(27(29)20-21)24-13-11-22(12-14-24)23-15-17-25(18-16-23)32-28(30)31/h10-20,28H,2-9H2,1H3. The minimum Gasteiger partial charge on any atom is -0.435 e. The predicted molar refractivity (Wildman–Crippen MR) is 126 cm³/mol. The second kappa shape index (κ2) is 12.3. The highest BCUT2D eigenvalue weighted by molar-refractivity contribution is 5.71. The fourth-order valence-corrected chi connectivity index (χ4v) is 3.91.